The first-order valence-corrected chi connectivity index (χ1v) is 7.94. The highest BCUT2D eigenvalue weighted by Crippen LogP contribution is 2.20. The van der Waals surface area contributed by atoms with Crippen molar-refractivity contribution in [2.24, 2.45) is 0 Å². The van der Waals surface area contributed by atoms with Crippen LogP contribution in [0.25, 0.3) is 4.96 Å². The Morgan fingerprint density at radius 2 is 2.33 bits per heavy atom. The number of hydrogen-bond donors (Lipinski definition) is 1. The maximum Gasteiger partial charge on any atom is 0.234 e. The van der Waals surface area contributed by atoms with E-state index in [4.69, 9.17) is 0 Å². The summed E-state index contributed by atoms with van der Waals surface area (Å²) in [4.78, 5) is 12.7. The molecule has 21 heavy (non-hydrogen) atoms. The van der Waals surface area contributed by atoms with Gasteiger partial charge < -0.3 is 5.32 Å². The van der Waals surface area contributed by atoms with Crippen molar-refractivity contribution >= 4 is 43.8 Å². The molecule has 0 saturated heterocycles. The molecule has 0 aliphatic carbocycles. The zero-order valence-electron chi connectivity index (χ0n) is 11.2. The first kappa shape index (κ1) is 14.2. The molecule has 0 aliphatic heterocycles. The van der Waals surface area contributed by atoms with Gasteiger partial charge in [0.15, 0.2) is 0 Å². The number of hydrogen-bond acceptors (Lipinski definition) is 5. The maximum atomic E-state index is 12.0. The fraction of sp³-hybridized carbons (Fsp3) is 0.231. The number of nitrogens with one attached hydrogen (secondary N) is 1. The van der Waals surface area contributed by atoms with E-state index in [0.717, 1.165) is 25.7 Å². The van der Waals surface area contributed by atoms with Crippen LogP contribution >= 0.6 is 27.3 Å². The van der Waals surface area contributed by atoms with Crippen LogP contribution in [0.3, 0.4) is 0 Å². The summed E-state index contributed by atoms with van der Waals surface area (Å²) < 4.78 is 2.62. The number of aryl methyl sites for hydroxylation is 2. The molecule has 2 aromatic heterocycles. The molecule has 1 aromatic carbocycles. The first-order valence-electron chi connectivity index (χ1n) is 6.33. The van der Waals surface area contributed by atoms with Gasteiger partial charge in [0.1, 0.15) is 11.3 Å². The van der Waals surface area contributed by atoms with Crippen LogP contribution in [0.5, 0.6) is 0 Å². The normalized spacial score (nSPS) is 11.0. The van der Waals surface area contributed by atoms with E-state index in [1.54, 1.807) is 10.8 Å². The van der Waals surface area contributed by atoms with Gasteiger partial charge in [0.25, 0.3) is 0 Å². The van der Waals surface area contributed by atoms with Crippen LogP contribution in [0.1, 0.15) is 17.0 Å². The van der Waals surface area contributed by atoms with Crippen LogP contribution in [0.4, 0.5) is 5.69 Å². The summed E-state index contributed by atoms with van der Waals surface area (Å²) in [7, 11) is 0. The van der Waals surface area contributed by atoms with Crippen LogP contribution < -0.4 is 5.32 Å². The fourth-order valence-corrected chi connectivity index (χ4v) is 3.19. The summed E-state index contributed by atoms with van der Waals surface area (Å²) in [6.45, 7) is 1.96. The number of rotatable bonds is 4. The number of amides is 1. The molecule has 2 heterocycles. The molecule has 1 amide bonds. The Labute approximate surface area is 133 Å². The molecule has 108 valence electrons. The van der Waals surface area contributed by atoms with Gasteiger partial charge in [-0.25, -0.2) is 0 Å². The van der Waals surface area contributed by atoms with E-state index in [0.29, 0.717) is 12.8 Å². The standard InChI is InChI=1S/C13H12BrN5OS/c1-8-6-9(14)2-3-10(8)16-11(20)4-5-12-18-19-7-15-17-13(19)21-12/h2-3,6-7H,4-5H2,1H3,(H,16,20). The lowest BCUT2D eigenvalue weighted by Gasteiger charge is -2.08. The summed E-state index contributed by atoms with van der Waals surface area (Å²) in [6.07, 6.45) is 2.54. The molecule has 0 spiro atoms. The second kappa shape index (κ2) is 5.90. The summed E-state index contributed by atoms with van der Waals surface area (Å²) in [5.41, 5.74) is 1.86. The van der Waals surface area contributed by atoms with Crippen molar-refractivity contribution in [2.75, 3.05) is 5.32 Å². The van der Waals surface area contributed by atoms with Gasteiger partial charge in [-0.15, -0.1) is 10.2 Å². The average molecular weight is 366 g/mol. The van der Waals surface area contributed by atoms with Crippen LogP contribution in [0.15, 0.2) is 29.0 Å². The molecular weight excluding hydrogens is 354 g/mol. The summed E-state index contributed by atoms with van der Waals surface area (Å²) >= 11 is 4.85. The summed E-state index contributed by atoms with van der Waals surface area (Å²) in [6, 6.07) is 5.77. The number of halogens is 1. The minimum absolute atomic E-state index is 0.0219. The second-order valence-corrected chi connectivity index (χ2v) is 6.52. The fourth-order valence-electron chi connectivity index (χ4n) is 1.90. The molecule has 1 N–H and O–H groups in total. The second-order valence-electron chi connectivity index (χ2n) is 4.56. The van der Waals surface area contributed by atoms with Crippen molar-refractivity contribution in [3.8, 4) is 0 Å². The first-order chi connectivity index (χ1) is 10.1. The molecule has 0 aliphatic rings. The molecule has 3 aromatic rings. The number of carbonyl (C=O) groups excluding carboxylic acids is 1. The minimum Gasteiger partial charge on any atom is -0.326 e. The largest absolute Gasteiger partial charge is 0.326 e. The minimum atomic E-state index is -0.0219. The molecule has 0 fully saturated rings. The van der Waals surface area contributed by atoms with Crippen molar-refractivity contribution in [3.63, 3.8) is 0 Å². The average Bonchev–Trinajstić information content (AvgIpc) is 3.00. The van der Waals surface area contributed by atoms with Gasteiger partial charge >= 0.3 is 0 Å². The van der Waals surface area contributed by atoms with E-state index < -0.39 is 0 Å². The van der Waals surface area contributed by atoms with E-state index >= 15 is 0 Å². The molecule has 0 unspecified atom stereocenters. The summed E-state index contributed by atoms with van der Waals surface area (Å²) in [5.74, 6) is -0.0219. The topological polar surface area (TPSA) is 72.2 Å². The zero-order valence-corrected chi connectivity index (χ0v) is 13.6. The quantitative estimate of drug-likeness (QED) is 0.771. The van der Waals surface area contributed by atoms with Crippen molar-refractivity contribution in [3.05, 3.63) is 39.6 Å². The zero-order chi connectivity index (χ0) is 14.8. The number of fused-ring (bicyclic) bond motifs is 1. The van der Waals surface area contributed by atoms with Gasteiger partial charge in [0.2, 0.25) is 10.9 Å². The van der Waals surface area contributed by atoms with Crippen LogP contribution in [0.2, 0.25) is 0 Å². The smallest absolute Gasteiger partial charge is 0.234 e. The van der Waals surface area contributed by atoms with E-state index in [9.17, 15) is 4.79 Å². The van der Waals surface area contributed by atoms with Crippen molar-refractivity contribution in [1.82, 2.24) is 19.8 Å². The maximum absolute atomic E-state index is 12.0. The van der Waals surface area contributed by atoms with Gasteiger partial charge in [-0.1, -0.05) is 27.3 Å². The van der Waals surface area contributed by atoms with Crippen molar-refractivity contribution < 1.29 is 4.79 Å². The molecule has 8 heteroatoms. The monoisotopic (exact) mass is 365 g/mol. The van der Waals surface area contributed by atoms with Crippen LogP contribution in [-0.4, -0.2) is 25.7 Å². The van der Waals surface area contributed by atoms with Gasteiger partial charge in [0, 0.05) is 23.0 Å². The lowest BCUT2D eigenvalue weighted by atomic mass is 10.2. The molecule has 0 radical (unpaired) electrons. The lowest BCUT2D eigenvalue weighted by molar-refractivity contribution is -0.116. The molecular formula is C13H12BrN5OS. The third-order valence-electron chi connectivity index (χ3n) is 2.96. The van der Waals surface area contributed by atoms with Gasteiger partial charge in [-0.3, -0.25) is 4.79 Å². The Kier molecular flexibility index (Phi) is 3.98. The van der Waals surface area contributed by atoms with Gasteiger partial charge in [-0.2, -0.15) is 9.61 Å². The van der Waals surface area contributed by atoms with Crippen LogP contribution in [0, 0.1) is 6.92 Å². The number of benzene rings is 1. The summed E-state index contributed by atoms with van der Waals surface area (Å²) in [5, 5.41) is 15.8. The number of nitrogens with zero attached hydrogens (tertiary/aromatic N) is 4. The van der Waals surface area contributed by atoms with Gasteiger partial charge in [0.05, 0.1) is 0 Å². The molecule has 3 rings (SSSR count). The third-order valence-corrected chi connectivity index (χ3v) is 4.42. The Balaban J connectivity index is 1.60. The predicted octanol–water partition coefficient (Wildman–Crippen LogP) is 2.83. The Morgan fingerprint density at radius 1 is 1.48 bits per heavy atom. The number of aromatic nitrogens is 4. The Bertz CT molecular complexity index is 768. The van der Waals surface area contributed by atoms with Crippen molar-refractivity contribution in [1.29, 1.82) is 0 Å². The highest BCUT2D eigenvalue weighted by molar-refractivity contribution is 9.10. The highest BCUT2D eigenvalue weighted by Gasteiger charge is 2.09. The number of anilines is 1. The third kappa shape index (κ3) is 3.27. The molecule has 6 nitrogen and oxygen atoms in total. The van der Waals surface area contributed by atoms with Crippen molar-refractivity contribution in [2.45, 2.75) is 19.8 Å². The molecule has 0 bridgehead atoms. The van der Waals surface area contributed by atoms with E-state index in [1.807, 2.05) is 25.1 Å². The Morgan fingerprint density at radius 3 is 3.10 bits per heavy atom. The Hall–Kier alpha value is -1.80. The predicted molar refractivity (Wildman–Crippen MR) is 84.5 cm³/mol. The van der Waals surface area contributed by atoms with E-state index in [-0.39, 0.29) is 5.91 Å². The lowest BCUT2D eigenvalue weighted by Crippen LogP contribution is -2.13. The van der Waals surface area contributed by atoms with Gasteiger partial charge in [-0.05, 0) is 30.7 Å². The molecule has 0 saturated carbocycles. The van der Waals surface area contributed by atoms with E-state index in [1.165, 1.54) is 11.3 Å². The van der Waals surface area contributed by atoms with E-state index in [2.05, 4.69) is 36.5 Å². The molecule has 0 atom stereocenters. The highest BCUT2D eigenvalue weighted by atomic mass is 79.9. The number of carbonyl (C=O) groups is 1. The SMILES string of the molecule is Cc1cc(Br)ccc1NC(=O)CCc1nn2cnnc2s1. The van der Waals surface area contributed by atoms with Crippen LogP contribution in [-0.2, 0) is 11.2 Å².